The number of hydrogen-bond acceptors (Lipinski definition) is 2. The molecule has 0 aliphatic rings. The van der Waals surface area contributed by atoms with E-state index in [1.165, 1.54) is 12.8 Å². The largest absolute Gasteiger partial charge is 0.384 e. The van der Waals surface area contributed by atoms with Crippen LogP contribution in [-0.2, 0) is 9.47 Å². The van der Waals surface area contributed by atoms with Gasteiger partial charge in [-0.05, 0) is 32.1 Å². The van der Waals surface area contributed by atoms with Crippen LogP contribution in [0, 0.1) is 11.3 Å². The quantitative estimate of drug-likeness (QED) is 0.602. The van der Waals surface area contributed by atoms with Gasteiger partial charge in [0, 0.05) is 13.0 Å². The van der Waals surface area contributed by atoms with E-state index in [0.717, 1.165) is 19.6 Å². The van der Waals surface area contributed by atoms with Crippen LogP contribution in [0.1, 0.15) is 60.8 Å². The van der Waals surface area contributed by atoms with Gasteiger partial charge in [0.15, 0.2) is 0 Å². The lowest BCUT2D eigenvalue weighted by Crippen LogP contribution is -2.35. The SMILES string of the molecule is CCCC(C)(C)[C@H](COC)COC(C)(C)CC. The Hall–Kier alpha value is -0.0800. The highest BCUT2D eigenvalue weighted by molar-refractivity contribution is 4.79. The Morgan fingerprint density at radius 1 is 1.00 bits per heavy atom. The number of ether oxygens (including phenoxy) is 2. The summed E-state index contributed by atoms with van der Waals surface area (Å²) in [5.74, 6) is 0.471. The molecule has 0 radical (unpaired) electrons. The van der Waals surface area contributed by atoms with E-state index in [1.807, 2.05) is 0 Å². The molecule has 0 aliphatic heterocycles. The van der Waals surface area contributed by atoms with Gasteiger partial charge in [-0.25, -0.2) is 0 Å². The van der Waals surface area contributed by atoms with E-state index in [4.69, 9.17) is 9.47 Å². The summed E-state index contributed by atoms with van der Waals surface area (Å²) in [6.07, 6.45) is 3.47. The second kappa shape index (κ2) is 7.38. The standard InChI is InChI=1S/C15H32O2/c1-8-10-14(3,4)13(11-16-7)12-17-15(5,6)9-2/h13H,8-12H2,1-7H3/t13-/m1/s1. The Balaban J connectivity index is 4.43. The van der Waals surface area contributed by atoms with Crippen molar-refractivity contribution in [3.05, 3.63) is 0 Å². The third-order valence-electron chi connectivity index (χ3n) is 3.89. The van der Waals surface area contributed by atoms with E-state index in [2.05, 4.69) is 41.5 Å². The summed E-state index contributed by atoms with van der Waals surface area (Å²) in [4.78, 5) is 0. The molecule has 2 heteroatoms. The Morgan fingerprint density at radius 2 is 1.59 bits per heavy atom. The minimum absolute atomic E-state index is 0.0196. The van der Waals surface area contributed by atoms with E-state index in [1.54, 1.807) is 7.11 Å². The number of methoxy groups -OCH3 is 1. The molecule has 0 rings (SSSR count). The minimum atomic E-state index is -0.0196. The summed E-state index contributed by atoms with van der Waals surface area (Å²) in [7, 11) is 1.78. The van der Waals surface area contributed by atoms with Gasteiger partial charge in [-0.1, -0.05) is 34.1 Å². The van der Waals surface area contributed by atoms with Gasteiger partial charge in [-0.3, -0.25) is 0 Å². The van der Waals surface area contributed by atoms with Crippen LogP contribution in [0.4, 0.5) is 0 Å². The van der Waals surface area contributed by atoms with E-state index < -0.39 is 0 Å². The first-order valence-corrected chi connectivity index (χ1v) is 6.92. The van der Waals surface area contributed by atoms with E-state index in [9.17, 15) is 0 Å². The van der Waals surface area contributed by atoms with Crippen LogP contribution < -0.4 is 0 Å². The molecule has 0 saturated carbocycles. The third kappa shape index (κ3) is 6.42. The van der Waals surface area contributed by atoms with Gasteiger partial charge in [0.2, 0.25) is 0 Å². The van der Waals surface area contributed by atoms with Crippen molar-refractivity contribution in [1.29, 1.82) is 0 Å². The topological polar surface area (TPSA) is 18.5 Å². The Labute approximate surface area is 108 Å². The molecular formula is C15H32O2. The average Bonchev–Trinajstić information content (AvgIpc) is 2.24. The molecule has 17 heavy (non-hydrogen) atoms. The zero-order valence-electron chi connectivity index (χ0n) is 12.9. The van der Waals surface area contributed by atoms with Crippen molar-refractivity contribution in [2.24, 2.45) is 11.3 Å². The lowest BCUT2D eigenvalue weighted by atomic mass is 9.76. The highest BCUT2D eigenvalue weighted by Crippen LogP contribution is 2.33. The van der Waals surface area contributed by atoms with Crippen molar-refractivity contribution in [3.8, 4) is 0 Å². The lowest BCUT2D eigenvalue weighted by molar-refractivity contribution is -0.0736. The Morgan fingerprint density at radius 3 is 2.00 bits per heavy atom. The van der Waals surface area contributed by atoms with Gasteiger partial charge in [0.25, 0.3) is 0 Å². The lowest BCUT2D eigenvalue weighted by Gasteiger charge is -2.36. The molecule has 0 heterocycles. The predicted molar refractivity (Wildman–Crippen MR) is 74.4 cm³/mol. The van der Waals surface area contributed by atoms with Gasteiger partial charge in [-0.2, -0.15) is 0 Å². The fourth-order valence-electron chi connectivity index (χ4n) is 1.98. The van der Waals surface area contributed by atoms with Crippen LogP contribution in [-0.4, -0.2) is 25.9 Å². The van der Waals surface area contributed by atoms with Gasteiger partial charge >= 0.3 is 0 Å². The highest BCUT2D eigenvalue weighted by atomic mass is 16.5. The molecule has 0 N–H and O–H groups in total. The predicted octanol–water partition coefficient (Wildman–Crippen LogP) is 4.28. The van der Waals surface area contributed by atoms with Gasteiger partial charge in [-0.15, -0.1) is 0 Å². The molecular weight excluding hydrogens is 212 g/mol. The molecule has 0 amide bonds. The number of hydrogen-bond donors (Lipinski definition) is 0. The van der Waals surface area contributed by atoms with E-state index >= 15 is 0 Å². The Kier molecular flexibility index (Phi) is 7.34. The summed E-state index contributed by atoms with van der Waals surface area (Å²) < 4.78 is 11.4. The van der Waals surface area contributed by atoms with Crippen molar-refractivity contribution in [3.63, 3.8) is 0 Å². The van der Waals surface area contributed by atoms with Crippen molar-refractivity contribution >= 4 is 0 Å². The average molecular weight is 244 g/mol. The van der Waals surface area contributed by atoms with Crippen LogP contribution in [0.15, 0.2) is 0 Å². The molecule has 0 spiro atoms. The molecule has 104 valence electrons. The highest BCUT2D eigenvalue weighted by Gasteiger charge is 2.30. The second-order valence-corrected chi connectivity index (χ2v) is 6.32. The summed E-state index contributed by atoms with van der Waals surface area (Å²) in [5.41, 5.74) is 0.267. The summed E-state index contributed by atoms with van der Waals surface area (Å²) in [6, 6.07) is 0. The van der Waals surface area contributed by atoms with Crippen LogP contribution in [0.2, 0.25) is 0 Å². The maximum Gasteiger partial charge on any atom is 0.0624 e. The van der Waals surface area contributed by atoms with Crippen LogP contribution in [0.5, 0.6) is 0 Å². The fourth-order valence-corrected chi connectivity index (χ4v) is 1.98. The van der Waals surface area contributed by atoms with E-state index in [0.29, 0.717) is 5.92 Å². The maximum absolute atomic E-state index is 6.05. The fraction of sp³-hybridized carbons (Fsp3) is 1.00. The van der Waals surface area contributed by atoms with E-state index in [-0.39, 0.29) is 11.0 Å². The first kappa shape index (κ1) is 16.9. The van der Waals surface area contributed by atoms with Gasteiger partial charge < -0.3 is 9.47 Å². The molecule has 0 aromatic carbocycles. The third-order valence-corrected chi connectivity index (χ3v) is 3.89. The molecule has 0 aromatic rings. The molecule has 0 saturated heterocycles. The van der Waals surface area contributed by atoms with Crippen molar-refractivity contribution in [2.45, 2.75) is 66.4 Å². The van der Waals surface area contributed by atoms with Crippen LogP contribution in [0.3, 0.4) is 0 Å². The normalized spacial score (nSPS) is 15.0. The van der Waals surface area contributed by atoms with Crippen LogP contribution >= 0.6 is 0 Å². The smallest absolute Gasteiger partial charge is 0.0624 e. The summed E-state index contributed by atoms with van der Waals surface area (Å²) >= 11 is 0. The first-order valence-electron chi connectivity index (χ1n) is 6.92. The molecule has 1 atom stereocenters. The second-order valence-electron chi connectivity index (χ2n) is 6.32. The Bertz CT molecular complexity index is 197. The zero-order chi connectivity index (χ0) is 13.5. The maximum atomic E-state index is 6.05. The molecule has 0 aromatic heterocycles. The van der Waals surface area contributed by atoms with Crippen LogP contribution in [0.25, 0.3) is 0 Å². The minimum Gasteiger partial charge on any atom is -0.384 e. The molecule has 0 unspecified atom stereocenters. The summed E-state index contributed by atoms with van der Waals surface area (Å²) in [6.45, 7) is 14.9. The first-order chi connectivity index (χ1) is 7.79. The van der Waals surface area contributed by atoms with Crippen molar-refractivity contribution < 1.29 is 9.47 Å². The van der Waals surface area contributed by atoms with Gasteiger partial charge in [0.1, 0.15) is 0 Å². The summed E-state index contributed by atoms with van der Waals surface area (Å²) in [5, 5.41) is 0. The number of rotatable bonds is 9. The molecule has 0 fully saturated rings. The molecule has 0 bridgehead atoms. The molecule has 2 nitrogen and oxygen atoms in total. The molecule has 0 aliphatic carbocycles. The van der Waals surface area contributed by atoms with Gasteiger partial charge in [0.05, 0.1) is 18.8 Å². The monoisotopic (exact) mass is 244 g/mol. The van der Waals surface area contributed by atoms with Crippen molar-refractivity contribution in [2.75, 3.05) is 20.3 Å². The van der Waals surface area contributed by atoms with Crippen molar-refractivity contribution in [1.82, 2.24) is 0 Å². The zero-order valence-corrected chi connectivity index (χ0v) is 12.9.